The molecule has 2 heterocycles. The van der Waals surface area contributed by atoms with Gasteiger partial charge in [0, 0.05) is 19.6 Å². The molecule has 0 atom stereocenters. The summed E-state index contributed by atoms with van der Waals surface area (Å²) in [5.41, 5.74) is 0.555. The van der Waals surface area contributed by atoms with E-state index in [-0.39, 0.29) is 5.91 Å². The quantitative estimate of drug-likeness (QED) is 0.903. The number of aromatic nitrogens is 1. The molecular weight excluding hydrogens is 262 g/mol. The summed E-state index contributed by atoms with van der Waals surface area (Å²) < 4.78 is 0. The van der Waals surface area contributed by atoms with E-state index >= 15 is 0 Å². The Hall–Kier alpha value is -1.58. The van der Waals surface area contributed by atoms with E-state index in [9.17, 15) is 4.79 Å². The summed E-state index contributed by atoms with van der Waals surface area (Å²) in [6, 6.07) is 5.63. The molecule has 0 unspecified atom stereocenters. The summed E-state index contributed by atoms with van der Waals surface area (Å²) >= 11 is 0. The van der Waals surface area contributed by atoms with Crippen molar-refractivity contribution >= 4 is 11.7 Å². The number of carbonyl (C=O) groups is 1. The molecule has 21 heavy (non-hydrogen) atoms. The van der Waals surface area contributed by atoms with Crippen molar-refractivity contribution in [3.63, 3.8) is 0 Å². The lowest BCUT2D eigenvalue weighted by Gasteiger charge is -2.33. The van der Waals surface area contributed by atoms with E-state index in [0.717, 1.165) is 50.6 Å². The van der Waals surface area contributed by atoms with Gasteiger partial charge in [0.05, 0.1) is 0 Å². The molecule has 1 aromatic rings. The largest absolute Gasteiger partial charge is 0.370 e. The first-order chi connectivity index (χ1) is 10.1. The number of hydrogen-bond donors (Lipinski definition) is 1. The molecule has 1 aromatic heterocycles. The Kier molecular flexibility index (Phi) is 5.59. The first kappa shape index (κ1) is 15.8. The Morgan fingerprint density at radius 2 is 2.10 bits per heavy atom. The number of hydrogen-bond acceptors (Lipinski definition) is 3. The molecule has 0 saturated carbocycles. The highest BCUT2D eigenvalue weighted by Crippen LogP contribution is 2.25. The fourth-order valence-corrected chi connectivity index (χ4v) is 2.84. The second-order valence-corrected chi connectivity index (χ2v) is 6.21. The second-order valence-electron chi connectivity index (χ2n) is 6.21. The van der Waals surface area contributed by atoms with Gasteiger partial charge in [-0.15, -0.1) is 0 Å². The fourth-order valence-electron chi connectivity index (χ4n) is 2.84. The van der Waals surface area contributed by atoms with Crippen molar-refractivity contribution in [1.29, 1.82) is 0 Å². The number of nitrogens with one attached hydrogen (secondary N) is 1. The standard InChI is InChI=1S/C17H27N3O/c1-4-10-18-16-7-5-6-15(19-16)17(21)20-11-8-14(9-12-20)13(2)3/h5-7,13-14H,4,8-12H2,1-3H3,(H,18,19). The SMILES string of the molecule is CCCNc1cccc(C(=O)N2CCC(C(C)C)CC2)n1. The molecule has 4 heteroatoms. The Balaban J connectivity index is 1.97. The Morgan fingerprint density at radius 1 is 1.38 bits per heavy atom. The maximum absolute atomic E-state index is 12.5. The minimum atomic E-state index is 0.0670. The molecule has 0 bridgehead atoms. The summed E-state index contributed by atoms with van der Waals surface area (Å²) in [6.07, 6.45) is 3.26. The van der Waals surface area contributed by atoms with E-state index in [1.807, 2.05) is 23.1 Å². The van der Waals surface area contributed by atoms with Crippen LogP contribution in [0, 0.1) is 11.8 Å². The van der Waals surface area contributed by atoms with Crippen molar-refractivity contribution in [2.45, 2.75) is 40.0 Å². The number of carbonyl (C=O) groups excluding carboxylic acids is 1. The summed E-state index contributed by atoms with van der Waals surface area (Å²) in [6.45, 7) is 9.25. The second kappa shape index (κ2) is 7.43. The van der Waals surface area contributed by atoms with Gasteiger partial charge in [0.15, 0.2) is 0 Å². The summed E-state index contributed by atoms with van der Waals surface area (Å²) in [7, 11) is 0. The summed E-state index contributed by atoms with van der Waals surface area (Å²) in [5, 5.41) is 3.23. The number of piperidine rings is 1. The average molecular weight is 289 g/mol. The Morgan fingerprint density at radius 3 is 2.71 bits per heavy atom. The van der Waals surface area contributed by atoms with E-state index in [0.29, 0.717) is 11.6 Å². The number of anilines is 1. The molecule has 0 spiro atoms. The van der Waals surface area contributed by atoms with Crippen LogP contribution in [0.1, 0.15) is 50.5 Å². The number of likely N-dealkylation sites (tertiary alicyclic amines) is 1. The van der Waals surface area contributed by atoms with Crippen LogP contribution < -0.4 is 5.32 Å². The number of nitrogens with zero attached hydrogens (tertiary/aromatic N) is 2. The molecule has 2 rings (SSSR count). The monoisotopic (exact) mass is 289 g/mol. The highest BCUT2D eigenvalue weighted by Gasteiger charge is 2.25. The van der Waals surface area contributed by atoms with E-state index < -0.39 is 0 Å². The minimum Gasteiger partial charge on any atom is -0.370 e. The van der Waals surface area contributed by atoms with Gasteiger partial charge >= 0.3 is 0 Å². The van der Waals surface area contributed by atoms with Gasteiger partial charge in [-0.3, -0.25) is 4.79 Å². The van der Waals surface area contributed by atoms with Gasteiger partial charge < -0.3 is 10.2 Å². The summed E-state index contributed by atoms with van der Waals surface area (Å²) in [5.74, 6) is 2.32. The maximum atomic E-state index is 12.5. The molecule has 0 radical (unpaired) electrons. The third-order valence-corrected chi connectivity index (χ3v) is 4.29. The number of pyridine rings is 1. The molecule has 1 amide bonds. The third-order valence-electron chi connectivity index (χ3n) is 4.29. The van der Waals surface area contributed by atoms with Crippen molar-refractivity contribution in [3.8, 4) is 0 Å². The topological polar surface area (TPSA) is 45.2 Å². The van der Waals surface area contributed by atoms with E-state index in [2.05, 4.69) is 31.1 Å². The molecule has 1 aliphatic heterocycles. The van der Waals surface area contributed by atoms with Crippen LogP contribution in [-0.4, -0.2) is 35.4 Å². The Labute approximate surface area is 127 Å². The first-order valence-electron chi connectivity index (χ1n) is 8.12. The minimum absolute atomic E-state index is 0.0670. The molecule has 1 N–H and O–H groups in total. The molecule has 116 valence electrons. The van der Waals surface area contributed by atoms with E-state index in [1.165, 1.54) is 0 Å². The highest BCUT2D eigenvalue weighted by molar-refractivity contribution is 5.92. The molecular formula is C17H27N3O. The van der Waals surface area contributed by atoms with Crippen LogP contribution >= 0.6 is 0 Å². The lowest BCUT2D eigenvalue weighted by atomic mass is 9.86. The van der Waals surface area contributed by atoms with Crippen LogP contribution in [0.25, 0.3) is 0 Å². The van der Waals surface area contributed by atoms with Crippen molar-refractivity contribution in [2.24, 2.45) is 11.8 Å². The Bertz CT molecular complexity index is 465. The van der Waals surface area contributed by atoms with Gasteiger partial charge in [-0.25, -0.2) is 4.98 Å². The van der Waals surface area contributed by atoms with Crippen LogP contribution in [0.4, 0.5) is 5.82 Å². The van der Waals surface area contributed by atoms with Crippen LogP contribution in [0.3, 0.4) is 0 Å². The molecule has 0 aliphatic carbocycles. The van der Waals surface area contributed by atoms with Crippen molar-refractivity contribution < 1.29 is 4.79 Å². The molecule has 4 nitrogen and oxygen atoms in total. The van der Waals surface area contributed by atoms with Gasteiger partial charge in [-0.1, -0.05) is 26.8 Å². The molecule has 1 saturated heterocycles. The van der Waals surface area contributed by atoms with Gasteiger partial charge in [-0.05, 0) is 43.2 Å². The smallest absolute Gasteiger partial charge is 0.272 e. The highest BCUT2D eigenvalue weighted by atomic mass is 16.2. The normalized spacial score (nSPS) is 16.3. The zero-order chi connectivity index (χ0) is 15.2. The predicted octanol–water partition coefficient (Wildman–Crippen LogP) is 3.41. The first-order valence-corrected chi connectivity index (χ1v) is 8.12. The van der Waals surface area contributed by atoms with Gasteiger partial charge in [0.25, 0.3) is 5.91 Å². The average Bonchev–Trinajstić information content (AvgIpc) is 2.52. The lowest BCUT2D eigenvalue weighted by molar-refractivity contribution is 0.0662. The molecule has 1 aliphatic rings. The van der Waals surface area contributed by atoms with E-state index in [1.54, 1.807) is 0 Å². The van der Waals surface area contributed by atoms with Crippen LogP contribution in [0.2, 0.25) is 0 Å². The lowest BCUT2D eigenvalue weighted by Crippen LogP contribution is -2.39. The predicted molar refractivity (Wildman–Crippen MR) is 86.5 cm³/mol. The third kappa shape index (κ3) is 4.19. The fraction of sp³-hybridized carbons (Fsp3) is 0.647. The zero-order valence-electron chi connectivity index (χ0n) is 13.4. The van der Waals surface area contributed by atoms with Crippen LogP contribution in [-0.2, 0) is 0 Å². The van der Waals surface area contributed by atoms with Crippen molar-refractivity contribution in [2.75, 3.05) is 25.0 Å². The number of rotatable bonds is 5. The van der Waals surface area contributed by atoms with Gasteiger partial charge in [0.1, 0.15) is 11.5 Å². The maximum Gasteiger partial charge on any atom is 0.272 e. The van der Waals surface area contributed by atoms with Crippen LogP contribution in [0.15, 0.2) is 18.2 Å². The number of amides is 1. The van der Waals surface area contributed by atoms with Gasteiger partial charge in [0.2, 0.25) is 0 Å². The van der Waals surface area contributed by atoms with Crippen molar-refractivity contribution in [3.05, 3.63) is 23.9 Å². The molecule has 1 fully saturated rings. The zero-order valence-corrected chi connectivity index (χ0v) is 13.4. The van der Waals surface area contributed by atoms with E-state index in [4.69, 9.17) is 0 Å². The summed E-state index contributed by atoms with van der Waals surface area (Å²) in [4.78, 5) is 18.9. The van der Waals surface area contributed by atoms with Crippen molar-refractivity contribution in [1.82, 2.24) is 9.88 Å². The van der Waals surface area contributed by atoms with Gasteiger partial charge in [-0.2, -0.15) is 0 Å². The van der Waals surface area contributed by atoms with Crippen LogP contribution in [0.5, 0.6) is 0 Å². The molecule has 0 aromatic carbocycles.